The lowest BCUT2D eigenvalue weighted by atomic mass is 10.0. The van der Waals surface area contributed by atoms with Gasteiger partial charge in [-0.25, -0.2) is 0 Å². The number of furan rings is 1. The Morgan fingerprint density at radius 1 is 1.24 bits per heavy atom. The number of likely N-dealkylation sites (tertiary alicyclic amines) is 1. The minimum absolute atomic E-state index is 0.0347. The molecule has 25 heavy (non-hydrogen) atoms. The fourth-order valence-electron chi connectivity index (χ4n) is 3.43. The molecule has 134 valence electrons. The molecule has 0 unspecified atom stereocenters. The van der Waals surface area contributed by atoms with Gasteiger partial charge in [-0.15, -0.1) is 0 Å². The van der Waals surface area contributed by atoms with Crippen molar-refractivity contribution < 1.29 is 14.3 Å². The van der Waals surface area contributed by atoms with E-state index in [2.05, 4.69) is 0 Å². The maximum Gasteiger partial charge on any atom is 0.250 e. The average Bonchev–Trinajstić information content (AvgIpc) is 3.04. The second-order valence-electron chi connectivity index (χ2n) is 6.52. The van der Waals surface area contributed by atoms with Gasteiger partial charge in [-0.3, -0.25) is 9.59 Å². The van der Waals surface area contributed by atoms with Crippen LogP contribution in [0.25, 0.3) is 0 Å². The third-order valence-electron chi connectivity index (χ3n) is 4.77. The summed E-state index contributed by atoms with van der Waals surface area (Å²) in [6.45, 7) is 0.697. The summed E-state index contributed by atoms with van der Waals surface area (Å²) in [6, 6.07) is 8.31. The Morgan fingerprint density at radius 2 is 2.12 bits per heavy atom. The van der Waals surface area contributed by atoms with Crippen LogP contribution in [0.2, 0.25) is 0 Å². The van der Waals surface area contributed by atoms with Crippen molar-refractivity contribution in [2.75, 3.05) is 6.54 Å². The molecule has 0 aliphatic carbocycles. The summed E-state index contributed by atoms with van der Waals surface area (Å²) in [5.74, 6) is 0.447. The van der Waals surface area contributed by atoms with E-state index in [4.69, 9.17) is 4.42 Å². The van der Waals surface area contributed by atoms with Crippen molar-refractivity contribution in [3.05, 3.63) is 58.9 Å². The molecule has 2 aromatic rings. The highest BCUT2D eigenvalue weighted by atomic mass is 16.4. The van der Waals surface area contributed by atoms with Crippen LogP contribution in [0, 0.1) is 0 Å². The summed E-state index contributed by atoms with van der Waals surface area (Å²) >= 11 is 0. The third-order valence-corrected chi connectivity index (χ3v) is 4.77. The predicted octanol–water partition coefficient (Wildman–Crippen LogP) is 2.34. The number of aliphatic hydroxyl groups excluding tert-OH is 1. The van der Waals surface area contributed by atoms with Gasteiger partial charge in [0.2, 0.25) is 5.91 Å². The molecule has 3 rings (SSSR count). The topological polar surface area (TPSA) is 75.7 Å². The largest absolute Gasteiger partial charge is 0.467 e. The zero-order valence-corrected chi connectivity index (χ0v) is 14.2. The number of rotatable bonds is 5. The van der Waals surface area contributed by atoms with E-state index in [1.165, 1.54) is 16.9 Å². The summed E-state index contributed by atoms with van der Waals surface area (Å²) in [5.41, 5.74) is -0.183. The molecule has 0 bridgehead atoms. The standard InChI is InChI=1S/C19H24N2O4/c22-16(17-8-6-12-25-17)13-15-7-2-1-4-11-21(15)19(24)14-20-10-5-3-9-18(20)23/h3,5-6,8-10,12,15-16,22H,1-2,4,7,11,13-14H2/t15-,16-/m1/s1. The number of pyridine rings is 1. The zero-order valence-electron chi connectivity index (χ0n) is 14.2. The molecule has 2 aromatic heterocycles. The number of carbonyl (C=O) groups excluding carboxylic acids is 1. The van der Waals surface area contributed by atoms with Gasteiger partial charge < -0.3 is 19.0 Å². The van der Waals surface area contributed by atoms with Gasteiger partial charge in [0.05, 0.1) is 6.26 Å². The van der Waals surface area contributed by atoms with Crippen molar-refractivity contribution in [1.29, 1.82) is 0 Å². The summed E-state index contributed by atoms with van der Waals surface area (Å²) in [6.07, 6.45) is 6.79. The van der Waals surface area contributed by atoms with Crippen LogP contribution < -0.4 is 5.56 Å². The van der Waals surface area contributed by atoms with Crippen LogP contribution in [0.5, 0.6) is 0 Å². The maximum atomic E-state index is 12.8. The number of amides is 1. The van der Waals surface area contributed by atoms with Gasteiger partial charge in [0.25, 0.3) is 5.56 Å². The Hall–Kier alpha value is -2.34. The van der Waals surface area contributed by atoms with Gasteiger partial charge in [-0.05, 0) is 31.0 Å². The summed E-state index contributed by atoms with van der Waals surface area (Å²) in [7, 11) is 0. The molecule has 1 saturated heterocycles. The summed E-state index contributed by atoms with van der Waals surface area (Å²) in [5, 5.41) is 10.4. The van der Waals surface area contributed by atoms with Gasteiger partial charge in [0.15, 0.2) is 0 Å². The Morgan fingerprint density at radius 3 is 2.88 bits per heavy atom. The van der Waals surface area contributed by atoms with E-state index >= 15 is 0 Å². The van der Waals surface area contributed by atoms with Crippen LogP contribution >= 0.6 is 0 Å². The van der Waals surface area contributed by atoms with E-state index < -0.39 is 6.10 Å². The molecule has 0 spiro atoms. The molecule has 6 heteroatoms. The first-order valence-corrected chi connectivity index (χ1v) is 8.81. The van der Waals surface area contributed by atoms with Gasteiger partial charge in [0.1, 0.15) is 18.4 Å². The second kappa shape index (κ2) is 8.16. The normalized spacial score (nSPS) is 19.4. The van der Waals surface area contributed by atoms with Crippen LogP contribution in [0.1, 0.15) is 44.0 Å². The lowest BCUT2D eigenvalue weighted by Crippen LogP contribution is -2.43. The number of hydrogen-bond donors (Lipinski definition) is 1. The summed E-state index contributed by atoms with van der Waals surface area (Å²) < 4.78 is 6.70. The number of aliphatic hydroxyl groups is 1. The fraction of sp³-hybridized carbons (Fsp3) is 0.474. The van der Waals surface area contributed by atoms with Crippen molar-refractivity contribution in [3.8, 4) is 0 Å². The van der Waals surface area contributed by atoms with Gasteiger partial charge >= 0.3 is 0 Å². The van der Waals surface area contributed by atoms with E-state index in [1.807, 2.05) is 4.90 Å². The van der Waals surface area contributed by atoms with E-state index in [9.17, 15) is 14.7 Å². The summed E-state index contributed by atoms with van der Waals surface area (Å²) in [4.78, 5) is 26.5. The SMILES string of the molecule is O=C(Cn1ccccc1=O)N1CCCCC[C@@H]1C[C@@H](O)c1ccco1. The van der Waals surface area contributed by atoms with Gasteiger partial charge in [-0.1, -0.05) is 18.9 Å². The van der Waals surface area contributed by atoms with E-state index in [0.29, 0.717) is 18.7 Å². The van der Waals surface area contributed by atoms with Crippen molar-refractivity contribution in [2.45, 2.75) is 50.8 Å². The van der Waals surface area contributed by atoms with Crippen molar-refractivity contribution >= 4 is 5.91 Å². The molecule has 0 radical (unpaired) electrons. The number of carbonyl (C=O) groups is 1. The molecule has 1 N–H and O–H groups in total. The molecule has 0 aromatic carbocycles. The van der Waals surface area contributed by atoms with Crippen LogP contribution in [0.3, 0.4) is 0 Å². The van der Waals surface area contributed by atoms with E-state index in [0.717, 1.165) is 25.7 Å². The van der Waals surface area contributed by atoms with Crippen molar-refractivity contribution in [2.24, 2.45) is 0 Å². The highest BCUT2D eigenvalue weighted by Crippen LogP contribution is 2.26. The van der Waals surface area contributed by atoms with Gasteiger partial charge in [-0.2, -0.15) is 0 Å². The highest BCUT2D eigenvalue weighted by Gasteiger charge is 2.28. The molecule has 1 aliphatic heterocycles. The fourth-order valence-corrected chi connectivity index (χ4v) is 3.43. The molecule has 1 fully saturated rings. The lowest BCUT2D eigenvalue weighted by molar-refractivity contribution is -0.134. The Bertz CT molecular complexity index is 738. The number of nitrogens with zero attached hydrogens (tertiary/aromatic N) is 2. The van der Waals surface area contributed by atoms with Gasteiger partial charge in [0, 0.05) is 31.3 Å². The Balaban J connectivity index is 1.72. The first kappa shape index (κ1) is 17.5. The number of hydrogen-bond acceptors (Lipinski definition) is 4. The first-order chi connectivity index (χ1) is 12.1. The molecular formula is C19H24N2O4. The highest BCUT2D eigenvalue weighted by molar-refractivity contribution is 5.76. The minimum atomic E-state index is -0.729. The molecule has 0 saturated carbocycles. The molecular weight excluding hydrogens is 320 g/mol. The second-order valence-corrected chi connectivity index (χ2v) is 6.52. The third kappa shape index (κ3) is 4.39. The predicted molar refractivity (Wildman–Crippen MR) is 93.0 cm³/mol. The zero-order chi connectivity index (χ0) is 17.6. The smallest absolute Gasteiger partial charge is 0.250 e. The van der Waals surface area contributed by atoms with Crippen LogP contribution in [-0.2, 0) is 11.3 Å². The minimum Gasteiger partial charge on any atom is -0.467 e. The van der Waals surface area contributed by atoms with Crippen LogP contribution in [0.15, 0.2) is 52.0 Å². The number of aromatic nitrogens is 1. The average molecular weight is 344 g/mol. The van der Waals surface area contributed by atoms with E-state index in [-0.39, 0.29) is 24.1 Å². The van der Waals surface area contributed by atoms with Crippen LogP contribution in [-0.4, -0.2) is 33.1 Å². The van der Waals surface area contributed by atoms with E-state index in [1.54, 1.807) is 30.5 Å². The van der Waals surface area contributed by atoms with Crippen molar-refractivity contribution in [1.82, 2.24) is 9.47 Å². The quantitative estimate of drug-likeness (QED) is 0.903. The molecule has 1 amide bonds. The lowest BCUT2D eigenvalue weighted by Gasteiger charge is -2.31. The Labute approximate surface area is 146 Å². The molecule has 3 heterocycles. The molecule has 2 atom stereocenters. The Kier molecular flexibility index (Phi) is 5.71. The van der Waals surface area contributed by atoms with Crippen LogP contribution in [0.4, 0.5) is 0 Å². The first-order valence-electron chi connectivity index (χ1n) is 8.81. The van der Waals surface area contributed by atoms with Crippen molar-refractivity contribution in [3.63, 3.8) is 0 Å². The monoisotopic (exact) mass is 344 g/mol. The molecule has 6 nitrogen and oxygen atoms in total. The molecule has 1 aliphatic rings. The maximum absolute atomic E-state index is 12.8.